The van der Waals surface area contributed by atoms with Crippen LogP contribution in [0.15, 0.2) is 24.3 Å². The second kappa shape index (κ2) is 8.52. The summed E-state index contributed by atoms with van der Waals surface area (Å²) in [6, 6.07) is 8.53. The molecule has 0 saturated carbocycles. The Labute approximate surface area is 145 Å². The van der Waals surface area contributed by atoms with Crippen LogP contribution in [0.3, 0.4) is 0 Å². The molecule has 0 unspecified atom stereocenters. The monoisotopic (exact) mass is 330 g/mol. The summed E-state index contributed by atoms with van der Waals surface area (Å²) < 4.78 is 5.44. The van der Waals surface area contributed by atoms with E-state index in [9.17, 15) is 4.79 Å². The van der Waals surface area contributed by atoms with Crippen molar-refractivity contribution in [2.45, 2.75) is 51.5 Å². The fraction of sp³-hybridized carbons (Fsp3) is 0.650. The molecule has 2 heterocycles. The minimum atomic E-state index is 0.132. The minimum absolute atomic E-state index is 0.132. The van der Waals surface area contributed by atoms with Crippen LogP contribution in [-0.2, 0) is 11.2 Å². The van der Waals surface area contributed by atoms with Crippen LogP contribution in [0.25, 0.3) is 0 Å². The molecule has 2 aliphatic rings. The second-order valence-electron chi connectivity index (χ2n) is 7.06. The van der Waals surface area contributed by atoms with Crippen molar-refractivity contribution in [3.63, 3.8) is 0 Å². The molecule has 3 rings (SSSR count). The third-order valence-corrected chi connectivity index (χ3v) is 5.39. The van der Waals surface area contributed by atoms with Gasteiger partial charge in [0, 0.05) is 12.6 Å². The molecule has 2 atom stereocenters. The number of rotatable bonds is 6. The van der Waals surface area contributed by atoms with E-state index in [0.717, 1.165) is 17.9 Å². The van der Waals surface area contributed by atoms with Gasteiger partial charge in [-0.15, -0.1) is 0 Å². The first-order valence-electron chi connectivity index (χ1n) is 9.48. The Morgan fingerprint density at radius 2 is 1.96 bits per heavy atom. The molecule has 24 heavy (non-hydrogen) atoms. The minimum Gasteiger partial charge on any atom is -0.494 e. The van der Waals surface area contributed by atoms with Gasteiger partial charge in [-0.3, -0.25) is 4.79 Å². The van der Waals surface area contributed by atoms with Gasteiger partial charge in [-0.25, -0.2) is 0 Å². The van der Waals surface area contributed by atoms with Crippen LogP contribution in [0, 0.1) is 5.92 Å². The molecule has 1 aromatic carbocycles. The van der Waals surface area contributed by atoms with Gasteiger partial charge in [0.2, 0.25) is 5.91 Å². The van der Waals surface area contributed by atoms with E-state index in [1.165, 1.54) is 45.2 Å². The second-order valence-corrected chi connectivity index (χ2v) is 7.06. The molecule has 1 aromatic rings. The highest BCUT2D eigenvalue weighted by atomic mass is 16.5. The zero-order valence-electron chi connectivity index (χ0n) is 14.8. The lowest BCUT2D eigenvalue weighted by atomic mass is 9.83. The van der Waals surface area contributed by atoms with Gasteiger partial charge in [0.25, 0.3) is 0 Å². The summed E-state index contributed by atoms with van der Waals surface area (Å²) in [4.78, 5) is 14.9. The third-order valence-electron chi connectivity index (χ3n) is 5.39. The Morgan fingerprint density at radius 1 is 1.17 bits per heavy atom. The van der Waals surface area contributed by atoms with E-state index in [0.29, 0.717) is 25.0 Å². The maximum Gasteiger partial charge on any atom is 0.224 e. The molecule has 132 valence electrons. The molecule has 1 N–H and O–H groups in total. The van der Waals surface area contributed by atoms with E-state index < -0.39 is 0 Å². The van der Waals surface area contributed by atoms with E-state index in [4.69, 9.17) is 4.74 Å². The van der Waals surface area contributed by atoms with E-state index in [1.54, 1.807) is 0 Å². The maximum absolute atomic E-state index is 12.3. The lowest BCUT2D eigenvalue weighted by Gasteiger charge is -2.44. The Hall–Kier alpha value is -1.55. The fourth-order valence-electron chi connectivity index (χ4n) is 4.18. The van der Waals surface area contributed by atoms with Gasteiger partial charge in [-0.1, -0.05) is 18.6 Å². The van der Waals surface area contributed by atoms with Crippen LogP contribution in [0.4, 0.5) is 0 Å². The summed E-state index contributed by atoms with van der Waals surface area (Å²) in [5.41, 5.74) is 1.04. The fourth-order valence-corrected chi connectivity index (χ4v) is 4.18. The highest BCUT2D eigenvalue weighted by molar-refractivity contribution is 5.78. The number of amides is 1. The molecule has 0 spiro atoms. The SMILES string of the molecule is CCOc1ccc(CC(=O)NC[C@@H]2CCCN3CCCC[C@@H]23)cc1. The molecule has 2 aliphatic heterocycles. The number of nitrogens with one attached hydrogen (secondary N) is 1. The van der Waals surface area contributed by atoms with Crippen molar-refractivity contribution in [2.24, 2.45) is 5.92 Å². The van der Waals surface area contributed by atoms with Crippen molar-refractivity contribution >= 4 is 5.91 Å². The number of hydrogen-bond donors (Lipinski definition) is 1. The molecule has 2 saturated heterocycles. The standard InChI is InChI=1S/C20H30N2O2/c1-2-24-18-10-8-16(9-11-18)14-20(23)21-15-17-6-5-13-22-12-4-3-7-19(17)22/h8-11,17,19H,2-7,12-15H2,1H3,(H,21,23)/t17-,19-/m0/s1. The van der Waals surface area contributed by atoms with Crippen molar-refractivity contribution in [1.29, 1.82) is 0 Å². The van der Waals surface area contributed by atoms with Crippen LogP contribution in [0.5, 0.6) is 5.75 Å². The number of benzene rings is 1. The quantitative estimate of drug-likeness (QED) is 0.872. The van der Waals surface area contributed by atoms with E-state index >= 15 is 0 Å². The lowest BCUT2D eigenvalue weighted by Crippen LogP contribution is -2.51. The van der Waals surface area contributed by atoms with Crippen molar-refractivity contribution in [3.8, 4) is 5.75 Å². The molecule has 2 fully saturated rings. The molecule has 4 heteroatoms. The number of carbonyl (C=O) groups is 1. The van der Waals surface area contributed by atoms with Crippen LogP contribution >= 0.6 is 0 Å². The third kappa shape index (κ3) is 4.50. The molecule has 0 bridgehead atoms. The van der Waals surface area contributed by atoms with E-state index in [-0.39, 0.29) is 5.91 Å². The van der Waals surface area contributed by atoms with Crippen molar-refractivity contribution in [1.82, 2.24) is 10.2 Å². The van der Waals surface area contributed by atoms with Gasteiger partial charge in [-0.2, -0.15) is 0 Å². The van der Waals surface area contributed by atoms with Crippen molar-refractivity contribution < 1.29 is 9.53 Å². The summed E-state index contributed by atoms with van der Waals surface area (Å²) >= 11 is 0. The number of ether oxygens (including phenoxy) is 1. The zero-order valence-corrected chi connectivity index (χ0v) is 14.8. The van der Waals surface area contributed by atoms with Gasteiger partial charge in [0.1, 0.15) is 5.75 Å². The van der Waals surface area contributed by atoms with E-state index in [2.05, 4.69) is 10.2 Å². The molecule has 0 radical (unpaired) electrons. The van der Waals surface area contributed by atoms with Gasteiger partial charge >= 0.3 is 0 Å². The van der Waals surface area contributed by atoms with Crippen molar-refractivity contribution in [2.75, 3.05) is 26.2 Å². The Kier molecular flexibility index (Phi) is 6.13. The summed E-state index contributed by atoms with van der Waals surface area (Å²) in [5, 5.41) is 3.18. The first-order chi connectivity index (χ1) is 11.8. The highest BCUT2D eigenvalue weighted by Crippen LogP contribution is 2.30. The lowest BCUT2D eigenvalue weighted by molar-refractivity contribution is -0.120. The van der Waals surface area contributed by atoms with Gasteiger partial charge < -0.3 is 15.0 Å². The molecule has 0 aromatic heterocycles. The predicted molar refractivity (Wildman–Crippen MR) is 96.3 cm³/mol. The smallest absolute Gasteiger partial charge is 0.224 e. The number of fused-ring (bicyclic) bond motifs is 1. The van der Waals surface area contributed by atoms with Crippen LogP contribution in [-0.4, -0.2) is 43.1 Å². The zero-order chi connectivity index (χ0) is 16.8. The maximum atomic E-state index is 12.3. The summed E-state index contributed by atoms with van der Waals surface area (Å²) in [6.07, 6.45) is 6.97. The van der Waals surface area contributed by atoms with E-state index in [1.807, 2.05) is 31.2 Å². The van der Waals surface area contributed by atoms with Crippen LogP contribution in [0.1, 0.15) is 44.6 Å². The average Bonchev–Trinajstić information content (AvgIpc) is 2.62. The first kappa shape index (κ1) is 17.3. The van der Waals surface area contributed by atoms with Gasteiger partial charge in [0.15, 0.2) is 0 Å². The normalized spacial score (nSPS) is 24.2. The molecular formula is C20H30N2O2. The Balaban J connectivity index is 1.46. The van der Waals surface area contributed by atoms with Gasteiger partial charge in [0.05, 0.1) is 13.0 Å². The molecule has 0 aliphatic carbocycles. The number of piperidine rings is 2. The predicted octanol–water partition coefficient (Wildman–Crippen LogP) is 3.01. The Bertz CT molecular complexity index is 527. The van der Waals surface area contributed by atoms with Crippen LogP contribution < -0.4 is 10.1 Å². The summed E-state index contributed by atoms with van der Waals surface area (Å²) in [7, 11) is 0. The Morgan fingerprint density at radius 3 is 2.75 bits per heavy atom. The molecular weight excluding hydrogens is 300 g/mol. The first-order valence-corrected chi connectivity index (χ1v) is 9.48. The number of nitrogens with zero attached hydrogens (tertiary/aromatic N) is 1. The summed E-state index contributed by atoms with van der Waals surface area (Å²) in [6.45, 7) is 5.97. The molecule has 1 amide bonds. The number of carbonyl (C=O) groups excluding carboxylic acids is 1. The molecule has 4 nitrogen and oxygen atoms in total. The van der Waals surface area contributed by atoms with Gasteiger partial charge in [-0.05, 0) is 69.3 Å². The highest BCUT2D eigenvalue weighted by Gasteiger charge is 2.32. The topological polar surface area (TPSA) is 41.6 Å². The number of hydrogen-bond acceptors (Lipinski definition) is 3. The van der Waals surface area contributed by atoms with Crippen LogP contribution in [0.2, 0.25) is 0 Å². The largest absolute Gasteiger partial charge is 0.494 e. The van der Waals surface area contributed by atoms with Crippen molar-refractivity contribution in [3.05, 3.63) is 29.8 Å². The summed E-state index contributed by atoms with van der Waals surface area (Å²) in [5.74, 6) is 1.62. The average molecular weight is 330 g/mol.